The monoisotopic (exact) mass is 321 g/mol. The predicted octanol–water partition coefficient (Wildman–Crippen LogP) is 1.41. The Hall–Kier alpha value is -1.92. The maximum atomic E-state index is 12.5. The SMILES string of the molecule is CCN1CCO[C@@H](c2ccccc2)[C@H](C(=O)OC)[C@H]1C(=O)OC. The summed E-state index contributed by atoms with van der Waals surface area (Å²) in [5, 5.41) is 0. The lowest BCUT2D eigenvalue weighted by molar-refractivity contribution is -0.163. The van der Waals surface area contributed by atoms with Gasteiger partial charge < -0.3 is 14.2 Å². The maximum Gasteiger partial charge on any atom is 0.324 e. The zero-order valence-electron chi connectivity index (χ0n) is 13.7. The summed E-state index contributed by atoms with van der Waals surface area (Å²) in [5.41, 5.74) is 0.842. The van der Waals surface area contributed by atoms with Crippen LogP contribution >= 0.6 is 0 Å². The number of rotatable bonds is 4. The Kier molecular flexibility index (Phi) is 6.12. The van der Waals surface area contributed by atoms with Gasteiger partial charge in [-0.25, -0.2) is 0 Å². The van der Waals surface area contributed by atoms with Crippen LogP contribution in [0.3, 0.4) is 0 Å². The third kappa shape index (κ3) is 3.71. The van der Waals surface area contributed by atoms with Crippen molar-refractivity contribution in [3.05, 3.63) is 35.9 Å². The molecule has 1 aromatic rings. The maximum absolute atomic E-state index is 12.5. The number of benzene rings is 1. The van der Waals surface area contributed by atoms with Gasteiger partial charge in [-0.1, -0.05) is 37.3 Å². The van der Waals surface area contributed by atoms with Crippen LogP contribution in [0.1, 0.15) is 18.6 Å². The fourth-order valence-electron chi connectivity index (χ4n) is 3.04. The van der Waals surface area contributed by atoms with Crippen LogP contribution in [0.4, 0.5) is 0 Å². The van der Waals surface area contributed by atoms with E-state index in [9.17, 15) is 9.59 Å². The number of hydrogen-bond donors (Lipinski definition) is 0. The summed E-state index contributed by atoms with van der Waals surface area (Å²) in [6.07, 6.45) is -0.552. The lowest BCUT2D eigenvalue weighted by Crippen LogP contribution is -2.50. The van der Waals surface area contributed by atoms with E-state index in [4.69, 9.17) is 14.2 Å². The molecule has 6 nitrogen and oxygen atoms in total. The predicted molar refractivity (Wildman–Crippen MR) is 83.7 cm³/mol. The number of methoxy groups -OCH3 is 2. The molecule has 126 valence electrons. The minimum atomic E-state index is -0.780. The van der Waals surface area contributed by atoms with E-state index >= 15 is 0 Å². The van der Waals surface area contributed by atoms with Crippen molar-refractivity contribution >= 4 is 11.9 Å². The molecule has 1 saturated heterocycles. The van der Waals surface area contributed by atoms with Gasteiger partial charge in [0.05, 0.1) is 26.9 Å². The number of nitrogens with zero attached hydrogens (tertiary/aromatic N) is 1. The van der Waals surface area contributed by atoms with Crippen molar-refractivity contribution in [1.29, 1.82) is 0 Å². The minimum absolute atomic E-state index is 0.425. The highest BCUT2D eigenvalue weighted by atomic mass is 16.5. The first-order chi connectivity index (χ1) is 11.1. The zero-order chi connectivity index (χ0) is 16.8. The molecule has 23 heavy (non-hydrogen) atoms. The van der Waals surface area contributed by atoms with Gasteiger partial charge in [0.2, 0.25) is 0 Å². The summed E-state index contributed by atoms with van der Waals surface area (Å²) < 4.78 is 15.8. The molecule has 0 unspecified atom stereocenters. The summed E-state index contributed by atoms with van der Waals surface area (Å²) in [6.45, 7) is 3.52. The highest BCUT2D eigenvalue weighted by Gasteiger charge is 2.46. The van der Waals surface area contributed by atoms with Crippen LogP contribution in [-0.4, -0.2) is 56.8 Å². The van der Waals surface area contributed by atoms with Crippen LogP contribution in [0.5, 0.6) is 0 Å². The van der Waals surface area contributed by atoms with Gasteiger partial charge in [0.1, 0.15) is 12.0 Å². The van der Waals surface area contributed by atoms with Gasteiger partial charge in [0.25, 0.3) is 0 Å². The van der Waals surface area contributed by atoms with Crippen LogP contribution in [0.25, 0.3) is 0 Å². The summed E-state index contributed by atoms with van der Waals surface area (Å²) in [7, 11) is 2.65. The van der Waals surface area contributed by atoms with Crippen LogP contribution < -0.4 is 0 Å². The highest BCUT2D eigenvalue weighted by Crippen LogP contribution is 2.34. The number of carbonyl (C=O) groups is 2. The first kappa shape index (κ1) is 17.4. The van der Waals surface area contributed by atoms with Gasteiger partial charge >= 0.3 is 11.9 Å². The van der Waals surface area contributed by atoms with Gasteiger partial charge in [-0.15, -0.1) is 0 Å². The second kappa shape index (κ2) is 8.08. The van der Waals surface area contributed by atoms with Gasteiger partial charge in [-0.05, 0) is 12.1 Å². The second-order valence-electron chi connectivity index (χ2n) is 5.35. The van der Waals surface area contributed by atoms with Gasteiger partial charge in [-0.2, -0.15) is 0 Å². The zero-order valence-corrected chi connectivity index (χ0v) is 13.7. The van der Waals surface area contributed by atoms with E-state index < -0.39 is 30.0 Å². The molecule has 1 aliphatic heterocycles. The summed E-state index contributed by atoms with van der Waals surface area (Å²) in [4.78, 5) is 26.7. The lowest BCUT2D eigenvalue weighted by atomic mass is 9.88. The molecule has 0 radical (unpaired) electrons. The molecule has 6 heteroatoms. The highest BCUT2D eigenvalue weighted by molar-refractivity contribution is 5.85. The van der Waals surface area contributed by atoms with Crippen molar-refractivity contribution in [2.75, 3.05) is 33.9 Å². The Balaban J connectivity index is 2.48. The van der Waals surface area contributed by atoms with Crippen molar-refractivity contribution in [2.45, 2.75) is 19.1 Å². The molecular formula is C17H23NO5. The smallest absolute Gasteiger partial charge is 0.324 e. The Morgan fingerprint density at radius 3 is 2.39 bits per heavy atom. The molecule has 0 aliphatic carbocycles. The molecule has 1 aromatic carbocycles. The molecule has 0 spiro atoms. The topological polar surface area (TPSA) is 65.1 Å². The van der Waals surface area contributed by atoms with E-state index in [0.29, 0.717) is 19.7 Å². The Morgan fingerprint density at radius 2 is 1.83 bits per heavy atom. The third-order valence-electron chi connectivity index (χ3n) is 4.19. The van der Waals surface area contributed by atoms with Gasteiger partial charge in [0.15, 0.2) is 0 Å². The van der Waals surface area contributed by atoms with Crippen LogP contribution in [0, 0.1) is 5.92 Å². The fraction of sp³-hybridized carbons (Fsp3) is 0.529. The molecular weight excluding hydrogens is 298 g/mol. The summed E-state index contributed by atoms with van der Waals surface area (Å²) >= 11 is 0. The molecule has 1 aliphatic rings. The molecule has 2 rings (SSSR count). The van der Waals surface area contributed by atoms with Crippen molar-refractivity contribution in [3.63, 3.8) is 0 Å². The molecule has 0 bridgehead atoms. The molecule has 0 amide bonds. The van der Waals surface area contributed by atoms with E-state index in [2.05, 4.69) is 0 Å². The molecule has 0 N–H and O–H groups in total. The van der Waals surface area contributed by atoms with Gasteiger partial charge in [0, 0.05) is 6.54 Å². The largest absolute Gasteiger partial charge is 0.469 e. The van der Waals surface area contributed by atoms with Crippen LogP contribution in [-0.2, 0) is 23.8 Å². The minimum Gasteiger partial charge on any atom is -0.469 e. The molecule has 0 aromatic heterocycles. The van der Waals surface area contributed by atoms with Crippen molar-refractivity contribution in [2.24, 2.45) is 5.92 Å². The first-order valence-electron chi connectivity index (χ1n) is 7.70. The van der Waals surface area contributed by atoms with E-state index in [1.165, 1.54) is 14.2 Å². The van der Waals surface area contributed by atoms with E-state index in [1.807, 2.05) is 42.2 Å². The number of ether oxygens (including phenoxy) is 3. The summed E-state index contributed by atoms with van der Waals surface area (Å²) in [5.74, 6) is -1.71. The van der Waals surface area contributed by atoms with Crippen LogP contribution in [0.2, 0.25) is 0 Å². The average Bonchev–Trinajstić information content (AvgIpc) is 2.80. The van der Waals surface area contributed by atoms with Crippen molar-refractivity contribution in [1.82, 2.24) is 4.90 Å². The van der Waals surface area contributed by atoms with E-state index in [-0.39, 0.29) is 0 Å². The Morgan fingerprint density at radius 1 is 1.17 bits per heavy atom. The molecule has 1 heterocycles. The third-order valence-corrected chi connectivity index (χ3v) is 4.19. The van der Waals surface area contributed by atoms with E-state index in [1.54, 1.807) is 0 Å². The molecule has 1 fully saturated rings. The van der Waals surface area contributed by atoms with Crippen LogP contribution in [0.15, 0.2) is 30.3 Å². The second-order valence-corrected chi connectivity index (χ2v) is 5.35. The van der Waals surface area contributed by atoms with E-state index in [0.717, 1.165) is 5.56 Å². The Bertz CT molecular complexity index is 533. The quantitative estimate of drug-likeness (QED) is 0.781. The van der Waals surface area contributed by atoms with Gasteiger partial charge in [-0.3, -0.25) is 14.5 Å². The number of esters is 2. The lowest BCUT2D eigenvalue weighted by Gasteiger charge is -2.32. The first-order valence-corrected chi connectivity index (χ1v) is 7.70. The standard InChI is InChI=1S/C17H23NO5/c1-4-18-10-11-23-15(12-8-6-5-7-9-12)13(16(19)21-2)14(18)17(20)22-3/h5-9,13-15H,4,10-11H2,1-3H3/t13-,14+,15+/m1/s1. The number of likely N-dealkylation sites (N-methyl/N-ethyl adjacent to an activating group) is 1. The van der Waals surface area contributed by atoms with Crippen molar-refractivity contribution in [3.8, 4) is 0 Å². The van der Waals surface area contributed by atoms with Crippen molar-refractivity contribution < 1.29 is 23.8 Å². The molecule has 0 saturated carbocycles. The number of carbonyl (C=O) groups excluding carboxylic acids is 2. The fourth-order valence-corrected chi connectivity index (χ4v) is 3.04. The normalized spacial score (nSPS) is 25.4. The average molecular weight is 321 g/mol. The molecule has 3 atom stereocenters. The number of hydrogen-bond acceptors (Lipinski definition) is 6. The summed E-state index contributed by atoms with van der Waals surface area (Å²) in [6, 6.07) is 8.69. The Labute approximate surface area is 136 Å².